The van der Waals surface area contributed by atoms with Crippen LogP contribution in [0.15, 0.2) is 60.7 Å². The normalized spacial score (nSPS) is 14.3. The van der Waals surface area contributed by atoms with Crippen molar-refractivity contribution in [1.82, 2.24) is 0 Å². The van der Waals surface area contributed by atoms with Gasteiger partial charge < -0.3 is 37.9 Å². The molecular formula is C78H86O8S8. The molecule has 494 valence electrons. The number of aryl methyl sites for hydroxylation is 4. The molecule has 0 fully saturated rings. The summed E-state index contributed by atoms with van der Waals surface area (Å²) in [6.45, 7) is 13.7. The van der Waals surface area contributed by atoms with Crippen LogP contribution >= 0.6 is 90.7 Å². The third-order valence-corrected chi connectivity index (χ3v) is 27.1. The molecule has 0 saturated heterocycles. The Balaban J connectivity index is 0.868. The molecule has 0 aliphatic carbocycles. The number of hydrogen-bond acceptors (Lipinski definition) is 16. The monoisotopic (exact) mass is 1410 g/mol. The van der Waals surface area contributed by atoms with E-state index >= 15 is 0 Å². The first-order chi connectivity index (χ1) is 46.4. The maximum Gasteiger partial charge on any atom is 0.181 e. The maximum absolute atomic E-state index is 6.39. The van der Waals surface area contributed by atoms with Gasteiger partial charge >= 0.3 is 0 Å². The van der Waals surface area contributed by atoms with Crippen LogP contribution in [0.4, 0.5) is 0 Å². The predicted molar refractivity (Wildman–Crippen MR) is 408 cm³/mol. The van der Waals surface area contributed by atoms with Gasteiger partial charge in [-0.15, -0.1) is 90.7 Å². The summed E-state index contributed by atoms with van der Waals surface area (Å²) in [6, 6.07) is 22.8. The minimum Gasteiger partial charge on any atom is -0.485 e. The van der Waals surface area contributed by atoms with E-state index in [1.165, 1.54) is 155 Å². The van der Waals surface area contributed by atoms with E-state index in [0.717, 1.165) is 120 Å². The lowest BCUT2D eigenvalue weighted by atomic mass is 9.96. The van der Waals surface area contributed by atoms with Gasteiger partial charge in [-0.2, -0.15) is 0 Å². The topological polar surface area (TPSA) is 73.8 Å². The van der Waals surface area contributed by atoms with Crippen molar-refractivity contribution in [3.63, 3.8) is 0 Å². The molecule has 8 aromatic heterocycles. The third-order valence-electron chi connectivity index (χ3n) is 17.3. The van der Waals surface area contributed by atoms with Gasteiger partial charge in [-0.05, 0) is 159 Å². The molecule has 12 heterocycles. The van der Waals surface area contributed by atoms with Crippen molar-refractivity contribution in [3.8, 4) is 85.0 Å². The van der Waals surface area contributed by atoms with Gasteiger partial charge in [-0.25, -0.2) is 0 Å². The molecule has 4 aliphatic heterocycles. The lowest BCUT2D eigenvalue weighted by molar-refractivity contribution is 0.172. The van der Waals surface area contributed by atoms with E-state index in [9.17, 15) is 0 Å². The summed E-state index contributed by atoms with van der Waals surface area (Å²) in [7, 11) is 0. The summed E-state index contributed by atoms with van der Waals surface area (Å²) in [5, 5.41) is 0. The smallest absolute Gasteiger partial charge is 0.181 e. The Hall–Kier alpha value is -5.82. The zero-order chi connectivity index (χ0) is 64.0. The minimum absolute atomic E-state index is 0.569. The second-order valence-electron chi connectivity index (χ2n) is 24.3. The molecule has 0 N–H and O–H groups in total. The lowest BCUT2D eigenvalue weighted by Crippen LogP contribution is -2.15. The SMILES string of the molecule is CCCCCCc1sc(-c2ccc(/C=C/c3cc(/C=C/c4ccc(-c5sc(CCCCCC)c6c5OCCO6)s4)c(/C=C/c4ccc(-c5sc(CCCCCC)c6c5OCCO6)s4)cc3/C=C/c3ccc(-c4sc(CCCCCC)c5c4OCCO5)s3)s2)c2c1OCCO2. The molecule has 9 aromatic rings. The van der Waals surface area contributed by atoms with Crippen LogP contribution in [-0.2, 0) is 25.7 Å². The van der Waals surface area contributed by atoms with E-state index in [2.05, 4.69) is 137 Å². The summed E-state index contributed by atoms with van der Waals surface area (Å²) < 4.78 is 50.8. The molecule has 0 unspecified atom stereocenters. The standard InChI is InChI=1S/C78H86O8S8/c1-5-9-13-17-21-59-67-71(83-45-41-79-67)75(91-59)63-37-33-55(87-63)29-25-51-49-53(27-31-57-35-39-65(89-57)77-73-69(81-43-47-85-73)61(93-77)23-19-15-11-7-3)54(28-32-58-36-40-66(90-58)78-74-70(82-44-48-86-74)62(94-78)24-20-16-12-8-4)50-52(51)26-30-56-34-38-64(88-56)76-72-68(80-42-46-84-72)60(92-76)22-18-14-10-6-2/h25-40,49-50H,5-24,41-48H2,1-4H3/b29-25+,30-26+,31-27+,32-28+. The van der Waals surface area contributed by atoms with Crippen LogP contribution in [0.1, 0.15) is 192 Å². The number of benzene rings is 1. The van der Waals surface area contributed by atoms with Gasteiger partial charge in [0.05, 0.1) is 39.0 Å². The van der Waals surface area contributed by atoms with Crippen molar-refractivity contribution >= 4 is 139 Å². The van der Waals surface area contributed by atoms with E-state index in [-0.39, 0.29) is 0 Å². The molecule has 0 bridgehead atoms. The number of rotatable bonds is 32. The molecule has 13 rings (SSSR count). The molecule has 0 atom stereocenters. The van der Waals surface area contributed by atoms with Crippen molar-refractivity contribution in [2.45, 2.75) is 156 Å². The summed E-state index contributed by atoms with van der Waals surface area (Å²) in [4.78, 5) is 19.4. The van der Waals surface area contributed by atoms with Crippen molar-refractivity contribution < 1.29 is 37.9 Å². The summed E-state index contributed by atoms with van der Waals surface area (Å²) >= 11 is 14.6. The first-order valence-corrected chi connectivity index (χ1v) is 40.9. The van der Waals surface area contributed by atoms with Gasteiger partial charge in [0, 0.05) is 39.0 Å². The van der Waals surface area contributed by atoms with Crippen LogP contribution < -0.4 is 37.9 Å². The Kier molecular flexibility index (Phi) is 23.4. The highest BCUT2D eigenvalue weighted by Crippen LogP contribution is 2.56. The van der Waals surface area contributed by atoms with Crippen molar-refractivity contribution in [1.29, 1.82) is 0 Å². The summed E-state index contributed by atoms with van der Waals surface area (Å²) in [6.07, 6.45) is 41.9. The number of ether oxygens (including phenoxy) is 8. The van der Waals surface area contributed by atoms with Crippen LogP contribution in [0.3, 0.4) is 0 Å². The van der Waals surface area contributed by atoms with E-state index in [0.29, 0.717) is 52.9 Å². The van der Waals surface area contributed by atoms with Gasteiger partial charge in [0.25, 0.3) is 0 Å². The molecule has 16 heteroatoms. The molecule has 94 heavy (non-hydrogen) atoms. The summed E-state index contributed by atoms with van der Waals surface area (Å²) in [5.41, 5.74) is 4.50. The van der Waals surface area contributed by atoms with Crippen molar-refractivity contribution in [2.75, 3.05) is 52.9 Å². The van der Waals surface area contributed by atoms with E-state index in [4.69, 9.17) is 37.9 Å². The molecule has 4 aliphatic rings. The zero-order valence-electron chi connectivity index (χ0n) is 54.7. The molecule has 0 spiro atoms. The second kappa shape index (κ2) is 33.0. The molecular weight excluding hydrogens is 1320 g/mol. The van der Waals surface area contributed by atoms with Crippen molar-refractivity contribution in [2.24, 2.45) is 0 Å². The molecule has 0 saturated carbocycles. The van der Waals surface area contributed by atoms with Gasteiger partial charge in [0.1, 0.15) is 52.9 Å². The quantitative estimate of drug-likeness (QED) is 0.0386. The highest BCUT2D eigenvalue weighted by Gasteiger charge is 2.30. The highest BCUT2D eigenvalue weighted by molar-refractivity contribution is 7.25. The van der Waals surface area contributed by atoms with Gasteiger partial charge in [0.2, 0.25) is 0 Å². The number of unbranched alkanes of at least 4 members (excludes halogenated alkanes) is 12. The van der Waals surface area contributed by atoms with Gasteiger partial charge in [-0.1, -0.05) is 129 Å². The van der Waals surface area contributed by atoms with Crippen LogP contribution in [0.2, 0.25) is 0 Å². The predicted octanol–water partition coefficient (Wildman–Crippen LogP) is 25.1. The van der Waals surface area contributed by atoms with Crippen LogP contribution in [0.25, 0.3) is 87.6 Å². The Morgan fingerprint density at radius 1 is 0.255 bits per heavy atom. The van der Waals surface area contributed by atoms with Crippen molar-refractivity contribution in [3.05, 3.63) is 122 Å². The van der Waals surface area contributed by atoms with E-state index in [1.807, 2.05) is 90.7 Å². The largest absolute Gasteiger partial charge is 0.485 e. The molecule has 0 amide bonds. The third kappa shape index (κ3) is 15.9. The first kappa shape index (κ1) is 66.8. The van der Waals surface area contributed by atoms with Crippen LogP contribution in [0, 0.1) is 0 Å². The second-order valence-corrected chi connectivity index (χ2v) is 33.2. The Morgan fingerprint density at radius 3 is 0.702 bits per heavy atom. The molecule has 1 aromatic carbocycles. The molecule has 8 nitrogen and oxygen atoms in total. The molecule has 0 radical (unpaired) electrons. The first-order valence-electron chi connectivity index (χ1n) is 34.4. The zero-order valence-corrected chi connectivity index (χ0v) is 61.3. The van der Waals surface area contributed by atoms with Crippen LogP contribution in [0.5, 0.6) is 46.0 Å². The fraction of sp³-hybridized carbons (Fsp3) is 0.410. The van der Waals surface area contributed by atoms with Gasteiger partial charge in [-0.3, -0.25) is 0 Å². The average Bonchev–Trinajstić information content (AvgIpc) is 1.66. The maximum atomic E-state index is 6.39. The lowest BCUT2D eigenvalue weighted by Gasteiger charge is -2.17. The minimum atomic E-state index is 0.569. The summed E-state index contributed by atoms with van der Waals surface area (Å²) in [5.74, 6) is 7.49. The fourth-order valence-electron chi connectivity index (χ4n) is 12.4. The average molecular weight is 1410 g/mol. The fourth-order valence-corrected chi connectivity index (χ4v) is 21.4. The Bertz CT molecular complexity index is 3590. The Labute approximate surface area is 588 Å². The highest BCUT2D eigenvalue weighted by atomic mass is 32.1. The van der Waals surface area contributed by atoms with Crippen LogP contribution in [-0.4, -0.2) is 52.9 Å². The number of hydrogen-bond donors (Lipinski definition) is 0. The van der Waals surface area contributed by atoms with Gasteiger partial charge in [0.15, 0.2) is 46.0 Å². The number of fused-ring (bicyclic) bond motifs is 4. The van der Waals surface area contributed by atoms with E-state index < -0.39 is 0 Å². The van der Waals surface area contributed by atoms with E-state index in [1.54, 1.807) is 0 Å². The Morgan fingerprint density at radius 2 is 0.479 bits per heavy atom. The number of thiophene rings is 8.